The van der Waals surface area contributed by atoms with E-state index >= 15 is 0 Å². The standard InChI is InChI=1S/C18H22N2O3S/c1-3-4-5-18(21)19-15-10-12-17(13-11-15)24(22,23)20-16-8-6-14(2)7-9-16/h6-13,20H,3-5H2,1-2H3,(H,19,21). The summed E-state index contributed by atoms with van der Waals surface area (Å²) >= 11 is 0. The van der Waals surface area contributed by atoms with Crippen molar-refractivity contribution in [2.75, 3.05) is 10.0 Å². The molecule has 0 aliphatic carbocycles. The summed E-state index contributed by atoms with van der Waals surface area (Å²) in [6.45, 7) is 3.96. The Morgan fingerprint density at radius 3 is 2.12 bits per heavy atom. The van der Waals surface area contributed by atoms with E-state index in [2.05, 4.69) is 10.0 Å². The third kappa shape index (κ3) is 5.09. The number of hydrogen-bond acceptors (Lipinski definition) is 3. The fraction of sp³-hybridized carbons (Fsp3) is 0.278. The predicted octanol–water partition coefficient (Wildman–Crippen LogP) is 3.92. The Morgan fingerprint density at radius 2 is 1.54 bits per heavy atom. The van der Waals surface area contributed by atoms with Crippen molar-refractivity contribution in [3.8, 4) is 0 Å². The van der Waals surface area contributed by atoms with Crippen molar-refractivity contribution >= 4 is 27.3 Å². The van der Waals surface area contributed by atoms with Crippen LogP contribution in [0.2, 0.25) is 0 Å². The summed E-state index contributed by atoms with van der Waals surface area (Å²) in [6.07, 6.45) is 2.25. The molecule has 0 aliphatic heterocycles. The molecule has 0 spiro atoms. The van der Waals surface area contributed by atoms with Gasteiger partial charge in [-0.1, -0.05) is 31.0 Å². The molecule has 6 heteroatoms. The first-order valence-corrected chi connectivity index (χ1v) is 9.38. The molecule has 24 heavy (non-hydrogen) atoms. The lowest BCUT2D eigenvalue weighted by Gasteiger charge is -2.10. The van der Waals surface area contributed by atoms with Gasteiger partial charge in [0.1, 0.15) is 0 Å². The summed E-state index contributed by atoms with van der Waals surface area (Å²) < 4.78 is 27.3. The SMILES string of the molecule is CCCCC(=O)Nc1ccc(S(=O)(=O)Nc2ccc(C)cc2)cc1. The predicted molar refractivity (Wildman–Crippen MR) is 96.6 cm³/mol. The number of carbonyl (C=O) groups is 1. The van der Waals surface area contributed by atoms with Gasteiger partial charge in [0.15, 0.2) is 0 Å². The van der Waals surface area contributed by atoms with Gasteiger partial charge in [-0.15, -0.1) is 0 Å². The summed E-state index contributed by atoms with van der Waals surface area (Å²) in [5, 5.41) is 2.76. The van der Waals surface area contributed by atoms with Crippen LogP contribution in [0, 0.1) is 6.92 Å². The molecule has 2 aromatic carbocycles. The normalized spacial score (nSPS) is 11.1. The Kier molecular flexibility index (Phi) is 5.98. The highest BCUT2D eigenvalue weighted by Crippen LogP contribution is 2.19. The lowest BCUT2D eigenvalue weighted by Crippen LogP contribution is -2.14. The van der Waals surface area contributed by atoms with Crippen LogP contribution in [-0.2, 0) is 14.8 Å². The minimum absolute atomic E-state index is 0.0646. The molecule has 2 rings (SSSR count). The molecule has 2 aromatic rings. The third-order valence-electron chi connectivity index (χ3n) is 3.51. The molecule has 0 bridgehead atoms. The first-order valence-electron chi connectivity index (χ1n) is 7.90. The molecule has 0 saturated carbocycles. The van der Waals surface area contributed by atoms with Crippen LogP contribution in [0.4, 0.5) is 11.4 Å². The van der Waals surface area contributed by atoms with E-state index in [1.165, 1.54) is 12.1 Å². The molecule has 5 nitrogen and oxygen atoms in total. The molecule has 128 valence electrons. The molecule has 0 unspecified atom stereocenters. The lowest BCUT2D eigenvalue weighted by atomic mass is 10.2. The molecule has 0 saturated heterocycles. The van der Waals surface area contributed by atoms with E-state index in [4.69, 9.17) is 0 Å². The summed E-state index contributed by atoms with van der Waals surface area (Å²) in [4.78, 5) is 11.8. The van der Waals surface area contributed by atoms with Crippen LogP contribution in [-0.4, -0.2) is 14.3 Å². The van der Waals surface area contributed by atoms with Gasteiger partial charge in [-0.2, -0.15) is 0 Å². The molecule has 0 heterocycles. The van der Waals surface area contributed by atoms with Crippen LogP contribution >= 0.6 is 0 Å². The van der Waals surface area contributed by atoms with E-state index in [1.54, 1.807) is 24.3 Å². The van der Waals surface area contributed by atoms with Gasteiger partial charge in [0.25, 0.3) is 10.0 Å². The molecule has 2 N–H and O–H groups in total. The Morgan fingerprint density at radius 1 is 0.958 bits per heavy atom. The van der Waals surface area contributed by atoms with Gasteiger partial charge in [0.05, 0.1) is 4.90 Å². The fourth-order valence-corrected chi connectivity index (χ4v) is 3.17. The van der Waals surface area contributed by atoms with Gasteiger partial charge in [-0.3, -0.25) is 9.52 Å². The molecule has 0 atom stereocenters. The van der Waals surface area contributed by atoms with Crippen molar-refractivity contribution in [3.05, 3.63) is 54.1 Å². The van der Waals surface area contributed by atoms with Crippen molar-refractivity contribution in [1.82, 2.24) is 0 Å². The number of sulfonamides is 1. The third-order valence-corrected chi connectivity index (χ3v) is 4.91. The number of rotatable bonds is 7. The van der Waals surface area contributed by atoms with Crippen molar-refractivity contribution in [1.29, 1.82) is 0 Å². The molecule has 0 aromatic heterocycles. The largest absolute Gasteiger partial charge is 0.326 e. The van der Waals surface area contributed by atoms with Crippen LogP contribution in [0.15, 0.2) is 53.4 Å². The number of unbranched alkanes of at least 4 members (excludes halogenated alkanes) is 1. The Bertz CT molecular complexity index is 782. The maximum Gasteiger partial charge on any atom is 0.261 e. The highest BCUT2D eigenvalue weighted by atomic mass is 32.2. The fourth-order valence-electron chi connectivity index (χ4n) is 2.11. The first kappa shape index (κ1) is 18.0. The van der Waals surface area contributed by atoms with Crippen LogP contribution in [0.25, 0.3) is 0 Å². The number of anilines is 2. The monoisotopic (exact) mass is 346 g/mol. The van der Waals surface area contributed by atoms with Gasteiger partial charge in [0, 0.05) is 17.8 Å². The van der Waals surface area contributed by atoms with Crippen molar-refractivity contribution in [2.24, 2.45) is 0 Å². The second kappa shape index (κ2) is 7.97. The summed E-state index contributed by atoms with van der Waals surface area (Å²) in [6, 6.07) is 13.3. The minimum atomic E-state index is -3.65. The number of amides is 1. The lowest BCUT2D eigenvalue weighted by molar-refractivity contribution is -0.116. The zero-order valence-electron chi connectivity index (χ0n) is 13.9. The Hall–Kier alpha value is -2.34. The van der Waals surface area contributed by atoms with E-state index < -0.39 is 10.0 Å². The maximum atomic E-state index is 12.4. The van der Waals surface area contributed by atoms with E-state index in [-0.39, 0.29) is 10.8 Å². The van der Waals surface area contributed by atoms with Crippen LogP contribution in [0.3, 0.4) is 0 Å². The van der Waals surface area contributed by atoms with Gasteiger partial charge < -0.3 is 5.32 Å². The van der Waals surface area contributed by atoms with Crippen molar-refractivity contribution < 1.29 is 13.2 Å². The molecule has 0 aliphatic rings. The van der Waals surface area contributed by atoms with Crippen molar-refractivity contribution in [2.45, 2.75) is 38.0 Å². The molecular weight excluding hydrogens is 324 g/mol. The number of carbonyl (C=O) groups excluding carboxylic acids is 1. The van der Waals surface area contributed by atoms with Crippen LogP contribution < -0.4 is 10.0 Å². The topological polar surface area (TPSA) is 75.3 Å². The average Bonchev–Trinajstić information content (AvgIpc) is 2.55. The average molecular weight is 346 g/mol. The second-order valence-corrected chi connectivity index (χ2v) is 7.33. The van der Waals surface area contributed by atoms with Crippen LogP contribution in [0.1, 0.15) is 31.7 Å². The number of nitrogens with one attached hydrogen (secondary N) is 2. The minimum Gasteiger partial charge on any atom is -0.326 e. The van der Waals surface area contributed by atoms with Gasteiger partial charge in [-0.25, -0.2) is 8.42 Å². The number of aryl methyl sites for hydroxylation is 1. The highest BCUT2D eigenvalue weighted by Gasteiger charge is 2.14. The van der Waals surface area contributed by atoms with E-state index in [0.717, 1.165) is 18.4 Å². The number of hydrogen-bond donors (Lipinski definition) is 2. The Labute approximate surface area is 143 Å². The van der Waals surface area contributed by atoms with Gasteiger partial charge in [-0.05, 0) is 49.7 Å². The van der Waals surface area contributed by atoms with Gasteiger partial charge >= 0.3 is 0 Å². The number of benzene rings is 2. The zero-order valence-corrected chi connectivity index (χ0v) is 14.7. The van der Waals surface area contributed by atoms with E-state index in [0.29, 0.717) is 17.8 Å². The van der Waals surface area contributed by atoms with Crippen LogP contribution in [0.5, 0.6) is 0 Å². The highest BCUT2D eigenvalue weighted by molar-refractivity contribution is 7.92. The zero-order chi connectivity index (χ0) is 17.6. The summed E-state index contributed by atoms with van der Waals surface area (Å²) in [5.41, 5.74) is 2.16. The molecule has 1 amide bonds. The quantitative estimate of drug-likeness (QED) is 0.798. The summed E-state index contributed by atoms with van der Waals surface area (Å²) in [5.74, 6) is -0.0646. The summed E-state index contributed by atoms with van der Waals surface area (Å²) in [7, 11) is -3.65. The smallest absolute Gasteiger partial charge is 0.261 e. The second-order valence-electron chi connectivity index (χ2n) is 5.65. The molecule has 0 fully saturated rings. The Balaban J connectivity index is 2.05. The molecule has 0 radical (unpaired) electrons. The molecular formula is C18H22N2O3S. The maximum absolute atomic E-state index is 12.4. The first-order chi connectivity index (χ1) is 11.4. The van der Waals surface area contributed by atoms with Crippen molar-refractivity contribution in [3.63, 3.8) is 0 Å². The van der Waals surface area contributed by atoms with Gasteiger partial charge in [0.2, 0.25) is 5.91 Å². The van der Waals surface area contributed by atoms with E-state index in [1.807, 2.05) is 26.0 Å². The van der Waals surface area contributed by atoms with E-state index in [9.17, 15) is 13.2 Å².